The minimum Gasteiger partial charge on any atom is -0.258 e. The quantitative estimate of drug-likeness (QED) is 0.445. The van der Waals surface area contributed by atoms with Gasteiger partial charge < -0.3 is 0 Å². The molecular formula is C8H2F7NO2. The van der Waals surface area contributed by atoms with Gasteiger partial charge in [-0.15, -0.1) is 0 Å². The van der Waals surface area contributed by atoms with Crippen molar-refractivity contribution < 1.29 is 35.7 Å². The molecule has 0 radical (unpaired) electrons. The van der Waals surface area contributed by atoms with E-state index in [-0.39, 0.29) is 0 Å². The Morgan fingerprint density at radius 2 is 1.39 bits per heavy atom. The predicted octanol–water partition coefficient (Wildman–Crippen LogP) is 3.77. The number of alkyl halides is 6. The minimum atomic E-state index is -5.39. The molecular weight excluding hydrogens is 275 g/mol. The van der Waals surface area contributed by atoms with E-state index in [0.717, 1.165) is 0 Å². The molecule has 3 nitrogen and oxygen atoms in total. The molecule has 0 aromatic heterocycles. The third kappa shape index (κ3) is 2.68. The Hall–Kier alpha value is -1.87. The molecule has 0 aliphatic rings. The average molecular weight is 277 g/mol. The van der Waals surface area contributed by atoms with Crippen molar-refractivity contribution in [2.45, 2.75) is 12.4 Å². The lowest BCUT2D eigenvalue weighted by atomic mass is 10.1. The highest BCUT2D eigenvalue weighted by Crippen LogP contribution is 2.41. The zero-order chi connectivity index (χ0) is 14.3. The summed E-state index contributed by atoms with van der Waals surface area (Å²) in [5, 5.41) is 10.2. The molecule has 0 N–H and O–H groups in total. The van der Waals surface area contributed by atoms with E-state index in [1.165, 1.54) is 0 Å². The summed E-state index contributed by atoms with van der Waals surface area (Å²) in [4.78, 5) is 8.63. The van der Waals surface area contributed by atoms with Crippen LogP contribution >= 0.6 is 0 Å². The standard InChI is InChI=1S/C8H2F7NO2/c9-5-2-6(16(17)18)4(8(13,14)15)1-3(5)7(10,11)12/h1-2H. The molecule has 10 heteroatoms. The minimum absolute atomic E-state index is 0.397. The molecule has 0 aliphatic carbocycles. The fourth-order valence-corrected chi connectivity index (χ4v) is 1.16. The van der Waals surface area contributed by atoms with Gasteiger partial charge in [0.1, 0.15) is 11.4 Å². The summed E-state index contributed by atoms with van der Waals surface area (Å²) in [6.07, 6.45) is -10.8. The molecule has 0 unspecified atom stereocenters. The second kappa shape index (κ2) is 4.10. The molecule has 0 spiro atoms. The number of rotatable bonds is 1. The van der Waals surface area contributed by atoms with Crippen molar-refractivity contribution in [1.82, 2.24) is 0 Å². The fourth-order valence-electron chi connectivity index (χ4n) is 1.16. The van der Waals surface area contributed by atoms with E-state index in [0.29, 0.717) is 0 Å². The van der Waals surface area contributed by atoms with Gasteiger partial charge in [0, 0.05) is 0 Å². The van der Waals surface area contributed by atoms with Crippen LogP contribution in [0, 0.1) is 15.9 Å². The van der Waals surface area contributed by atoms with Crippen LogP contribution in [0.4, 0.5) is 36.4 Å². The Morgan fingerprint density at radius 3 is 1.72 bits per heavy atom. The smallest absolute Gasteiger partial charge is 0.258 e. The first-order chi connectivity index (χ1) is 7.94. The lowest BCUT2D eigenvalue weighted by Gasteiger charge is -2.12. The number of hydrogen-bond acceptors (Lipinski definition) is 2. The first kappa shape index (κ1) is 14.2. The van der Waals surface area contributed by atoms with Crippen LogP contribution in [0.3, 0.4) is 0 Å². The van der Waals surface area contributed by atoms with Crippen LogP contribution in [0.1, 0.15) is 11.1 Å². The monoisotopic (exact) mass is 277 g/mol. The summed E-state index contributed by atoms with van der Waals surface area (Å²) in [6.45, 7) is 0. The van der Waals surface area contributed by atoms with Crippen molar-refractivity contribution in [3.63, 3.8) is 0 Å². The Labute approximate surface area is 94.0 Å². The van der Waals surface area contributed by atoms with Gasteiger partial charge in [-0.1, -0.05) is 0 Å². The molecule has 0 heterocycles. The summed E-state index contributed by atoms with van der Waals surface area (Å²) >= 11 is 0. The summed E-state index contributed by atoms with van der Waals surface area (Å²) in [7, 11) is 0. The predicted molar refractivity (Wildman–Crippen MR) is 43.1 cm³/mol. The Balaban J connectivity index is 3.62. The van der Waals surface area contributed by atoms with Crippen molar-refractivity contribution in [2.24, 2.45) is 0 Å². The Morgan fingerprint density at radius 1 is 0.944 bits per heavy atom. The summed E-state index contributed by atoms with van der Waals surface area (Å²) < 4.78 is 86.3. The van der Waals surface area contributed by atoms with Gasteiger partial charge in [0.25, 0.3) is 5.69 Å². The molecule has 0 amide bonds. The molecule has 0 atom stereocenters. The van der Waals surface area contributed by atoms with Crippen LogP contribution < -0.4 is 0 Å². The Bertz CT molecular complexity index is 491. The van der Waals surface area contributed by atoms with Gasteiger partial charge in [0.05, 0.1) is 16.6 Å². The van der Waals surface area contributed by atoms with Gasteiger partial charge >= 0.3 is 12.4 Å². The highest BCUT2D eigenvalue weighted by molar-refractivity contribution is 5.46. The first-order valence-corrected chi connectivity index (χ1v) is 4.07. The highest BCUT2D eigenvalue weighted by atomic mass is 19.4. The molecule has 1 aromatic carbocycles. The van der Waals surface area contributed by atoms with E-state index in [9.17, 15) is 40.8 Å². The first-order valence-electron chi connectivity index (χ1n) is 4.07. The van der Waals surface area contributed by atoms with Gasteiger partial charge in [0.2, 0.25) is 0 Å². The largest absolute Gasteiger partial charge is 0.423 e. The zero-order valence-corrected chi connectivity index (χ0v) is 8.06. The van der Waals surface area contributed by atoms with Crippen LogP contribution in [-0.4, -0.2) is 4.92 Å². The maximum absolute atomic E-state index is 12.9. The van der Waals surface area contributed by atoms with E-state index in [1.807, 2.05) is 0 Å². The van der Waals surface area contributed by atoms with Crippen LogP contribution in [0.2, 0.25) is 0 Å². The van der Waals surface area contributed by atoms with E-state index >= 15 is 0 Å². The van der Waals surface area contributed by atoms with Crippen molar-refractivity contribution in [3.8, 4) is 0 Å². The van der Waals surface area contributed by atoms with Gasteiger partial charge in [-0.2, -0.15) is 26.3 Å². The van der Waals surface area contributed by atoms with Gasteiger partial charge in [-0.05, 0) is 6.07 Å². The van der Waals surface area contributed by atoms with Crippen LogP contribution in [0.15, 0.2) is 12.1 Å². The number of nitrogens with zero attached hydrogens (tertiary/aromatic N) is 1. The SMILES string of the molecule is O=[N+]([O-])c1cc(F)c(C(F)(F)F)cc1C(F)(F)F. The molecule has 1 rings (SSSR count). The van der Waals surface area contributed by atoms with E-state index in [2.05, 4.69) is 0 Å². The van der Waals surface area contributed by atoms with Crippen molar-refractivity contribution in [3.05, 3.63) is 39.2 Å². The lowest BCUT2D eigenvalue weighted by molar-refractivity contribution is -0.388. The maximum atomic E-state index is 12.9. The molecule has 0 bridgehead atoms. The molecule has 1 aromatic rings. The van der Waals surface area contributed by atoms with Crippen LogP contribution in [-0.2, 0) is 12.4 Å². The lowest BCUT2D eigenvalue weighted by Crippen LogP contribution is -2.15. The fraction of sp³-hybridized carbons (Fsp3) is 0.250. The third-order valence-electron chi connectivity index (χ3n) is 1.89. The van der Waals surface area contributed by atoms with E-state index < -0.39 is 52.0 Å². The van der Waals surface area contributed by atoms with Crippen molar-refractivity contribution in [2.75, 3.05) is 0 Å². The number of hydrogen-bond donors (Lipinski definition) is 0. The average Bonchev–Trinajstić information content (AvgIpc) is 2.12. The number of nitro groups is 1. The zero-order valence-electron chi connectivity index (χ0n) is 8.06. The maximum Gasteiger partial charge on any atom is 0.423 e. The number of benzene rings is 1. The van der Waals surface area contributed by atoms with E-state index in [1.54, 1.807) is 0 Å². The highest BCUT2D eigenvalue weighted by Gasteiger charge is 2.43. The van der Waals surface area contributed by atoms with Gasteiger partial charge in [-0.25, -0.2) is 4.39 Å². The Kier molecular flexibility index (Phi) is 3.24. The van der Waals surface area contributed by atoms with Crippen molar-refractivity contribution >= 4 is 5.69 Å². The van der Waals surface area contributed by atoms with E-state index in [4.69, 9.17) is 0 Å². The molecule has 0 saturated heterocycles. The molecule has 0 aliphatic heterocycles. The van der Waals surface area contributed by atoms with Crippen LogP contribution in [0.25, 0.3) is 0 Å². The van der Waals surface area contributed by atoms with Crippen molar-refractivity contribution in [1.29, 1.82) is 0 Å². The topological polar surface area (TPSA) is 43.1 Å². The molecule has 0 saturated carbocycles. The molecule has 18 heavy (non-hydrogen) atoms. The van der Waals surface area contributed by atoms with Crippen LogP contribution in [0.5, 0.6) is 0 Å². The summed E-state index contributed by atoms with van der Waals surface area (Å²) in [5.41, 5.74) is -6.13. The number of nitro benzene ring substituents is 1. The second-order valence-corrected chi connectivity index (χ2v) is 3.10. The third-order valence-corrected chi connectivity index (χ3v) is 1.89. The van der Waals surface area contributed by atoms with Gasteiger partial charge in [0.15, 0.2) is 0 Å². The second-order valence-electron chi connectivity index (χ2n) is 3.10. The summed E-state index contributed by atoms with van der Waals surface area (Å²) in [6, 6.07) is -1.01. The number of halogens is 7. The molecule has 0 fully saturated rings. The molecule has 100 valence electrons. The van der Waals surface area contributed by atoms with Gasteiger partial charge in [-0.3, -0.25) is 10.1 Å². The summed E-state index contributed by atoms with van der Waals surface area (Å²) in [5.74, 6) is -2.14. The normalized spacial score (nSPS) is 12.6.